The second kappa shape index (κ2) is 8.87. The molecule has 19 heavy (non-hydrogen) atoms. The molecule has 0 fully saturated rings. The second-order valence-electron chi connectivity index (χ2n) is 4.04. The summed E-state index contributed by atoms with van der Waals surface area (Å²) in [6.45, 7) is 2.45. The zero-order valence-electron chi connectivity index (χ0n) is 10.7. The first-order valence-electron chi connectivity index (χ1n) is 6.12. The molecule has 0 radical (unpaired) electrons. The van der Waals surface area contributed by atoms with Gasteiger partial charge in [-0.3, -0.25) is 4.79 Å². The van der Waals surface area contributed by atoms with Crippen LogP contribution in [-0.4, -0.2) is 37.4 Å². The Morgan fingerprint density at radius 3 is 2.84 bits per heavy atom. The number of nitrogens with one attached hydrogen (secondary N) is 1. The Balaban J connectivity index is 2.28. The lowest BCUT2D eigenvalue weighted by Gasteiger charge is -2.08. The first-order chi connectivity index (χ1) is 9.15. The summed E-state index contributed by atoms with van der Waals surface area (Å²) in [6.07, 6.45) is 0.858. The number of aliphatic hydroxyl groups is 1. The molecule has 0 spiro atoms. The van der Waals surface area contributed by atoms with Gasteiger partial charge in [0, 0.05) is 23.7 Å². The number of benzene rings is 1. The Bertz CT molecular complexity index is 413. The van der Waals surface area contributed by atoms with Crippen LogP contribution in [0.15, 0.2) is 18.2 Å². The number of amides is 1. The average Bonchev–Trinajstić information content (AvgIpc) is 2.39. The monoisotopic (exact) mass is 286 g/mol. The molecule has 0 aliphatic carbocycles. The van der Waals surface area contributed by atoms with Crippen molar-refractivity contribution in [3.05, 3.63) is 34.3 Å². The Hall–Kier alpha value is -1.14. The van der Waals surface area contributed by atoms with Crippen LogP contribution in [-0.2, 0) is 11.3 Å². The van der Waals surface area contributed by atoms with E-state index in [1.54, 1.807) is 18.2 Å². The number of halogens is 1. The van der Waals surface area contributed by atoms with Gasteiger partial charge in [0.1, 0.15) is 0 Å². The molecule has 106 valence electrons. The lowest BCUT2D eigenvalue weighted by molar-refractivity contribution is 0.0907. The predicted octanol–water partition coefficient (Wildman–Crippen LogP) is 0.927. The lowest BCUT2D eigenvalue weighted by Crippen LogP contribution is -2.17. The zero-order valence-corrected chi connectivity index (χ0v) is 11.4. The summed E-state index contributed by atoms with van der Waals surface area (Å²) in [6, 6.07) is 5.03. The fraction of sp³-hybridized carbons (Fsp3) is 0.462. The highest BCUT2D eigenvalue weighted by atomic mass is 35.5. The van der Waals surface area contributed by atoms with Crippen LogP contribution in [0.4, 0.5) is 0 Å². The Morgan fingerprint density at radius 2 is 2.21 bits per heavy atom. The van der Waals surface area contributed by atoms with Crippen LogP contribution < -0.4 is 11.1 Å². The van der Waals surface area contributed by atoms with Gasteiger partial charge < -0.3 is 20.9 Å². The van der Waals surface area contributed by atoms with Gasteiger partial charge >= 0.3 is 0 Å². The Labute approximate surface area is 117 Å². The summed E-state index contributed by atoms with van der Waals surface area (Å²) in [4.78, 5) is 11.0. The van der Waals surface area contributed by atoms with E-state index >= 15 is 0 Å². The number of carbonyl (C=O) groups is 1. The van der Waals surface area contributed by atoms with Gasteiger partial charge in [-0.2, -0.15) is 0 Å². The van der Waals surface area contributed by atoms with Crippen molar-refractivity contribution in [1.29, 1.82) is 0 Å². The molecule has 0 atom stereocenters. The van der Waals surface area contributed by atoms with Crippen LogP contribution in [0.2, 0.25) is 5.02 Å². The summed E-state index contributed by atoms with van der Waals surface area (Å²) in [5, 5.41) is 12.3. The molecule has 0 heterocycles. The van der Waals surface area contributed by atoms with Crippen LogP contribution >= 0.6 is 11.6 Å². The van der Waals surface area contributed by atoms with E-state index in [1.165, 1.54) is 0 Å². The van der Waals surface area contributed by atoms with E-state index < -0.39 is 5.91 Å². The van der Waals surface area contributed by atoms with Crippen LogP contribution in [0.3, 0.4) is 0 Å². The Kier molecular flexibility index (Phi) is 7.43. The maximum atomic E-state index is 11.0. The highest BCUT2D eigenvalue weighted by Crippen LogP contribution is 2.17. The number of carbonyl (C=O) groups excluding carboxylic acids is 1. The number of hydrogen-bond donors (Lipinski definition) is 3. The van der Waals surface area contributed by atoms with Crippen molar-refractivity contribution in [2.45, 2.75) is 13.0 Å². The third kappa shape index (κ3) is 6.02. The van der Waals surface area contributed by atoms with E-state index in [0.717, 1.165) is 18.5 Å². The molecule has 4 N–H and O–H groups in total. The summed E-state index contributed by atoms with van der Waals surface area (Å²) in [5.41, 5.74) is 6.50. The molecule has 1 aromatic rings. The van der Waals surface area contributed by atoms with E-state index in [0.29, 0.717) is 30.3 Å². The molecule has 6 heteroatoms. The maximum Gasteiger partial charge on any atom is 0.248 e. The molecule has 0 saturated heterocycles. The smallest absolute Gasteiger partial charge is 0.248 e. The molecular formula is C13H19ClN2O3. The molecule has 1 aromatic carbocycles. The number of hydrogen-bond acceptors (Lipinski definition) is 4. The van der Waals surface area contributed by atoms with E-state index in [4.69, 9.17) is 27.2 Å². The van der Waals surface area contributed by atoms with E-state index in [9.17, 15) is 4.79 Å². The molecular weight excluding hydrogens is 268 g/mol. The number of aliphatic hydroxyl groups excluding tert-OH is 1. The van der Waals surface area contributed by atoms with Gasteiger partial charge in [-0.05, 0) is 30.7 Å². The van der Waals surface area contributed by atoms with Gasteiger partial charge in [0.25, 0.3) is 0 Å². The molecule has 0 unspecified atom stereocenters. The van der Waals surface area contributed by atoms with Crippen molar-refractivity contribution in [3.8, 4) is 0 Å². The minimum atomic E-state index is -0.484. The van der Waals surface area contributed by atoms with Crippen molar-refractivity contribution in [2.24, 2.45) is 5.73 Å². The maximum absolute atomic E-state index is 11.0. The van der Waals surface area contributed by atoms with Gasteiger partial charge in [0.15, 0.2) is 0 Å². The van der Waals surface area contributed by atoms with Crippen molar-refractivity contribution >= 4 is 17.5 Å². The van der Waals surface area contributed by atoms with Gasteiger partial charge in [0.2, 0.25) is 5.91 Å². The summed E-state index contributed by atoms with van der Waals surface area (Å²) < 4.78 is 5.13. The van der Waals surface area contributed by atoms with Gasteiger partial charge in [-0.1, -0.05) is 17.7 Å². The van der Waals surface area contributed by atoms with E-state index in [1.807, 2.05) is 0 Å². The minimum absolute atomic E-state index is 0.0508. The van der Waals surface area contributed by atoms with E-state index in [-0.39, 0.29) is 6.61 Å². The van der Waals surface area contributed by atoms with Crippen molar-refractivity contribution < 1.29 is 14.6 Å². The Morgan fingerprint density at radius 1 is 1.42 bits per heavy atom. The van der Waals surface area contributed by atoms with Gasteiger partial charge in [-0.25, -0.2) is 0 Å². The largest absolute Gasteiger partial charge is 0.394 e. The zero-order chi connectivity index (χ0) is 14.1. The van der Waals surface area contributed by atoms with Crippen molar-refractivity contribution in [3.63, 3.8) is 0 Å². The molecule has 0 aliphatic rings. The minimum Gasteiger partial charge on any atom is -0.394 e. The fourth-order valence-corrected chi connectivity index (χ4v) is 1.78. The normalized spacial score (nSPS) is 10.6. The summed E-state index contributed by atoms with van der Waals surface area (Å²) >= 11 is 6.05. The van der Waals surface area contributed by atoms with Crippen molar-refractivity contribution in [1.82, 2.24) is 5.32 Å². The first kappa shape index (κ1) is 15.9. The van der Waals surface area contributed by atoms with Gasteiger partial charge in [-0.15, -0.1) is 0 Å². The third-order valence-electron chi connectivity index (χ3n) is 2.53. The van der Waals surface area contributed by atoms with Crippen LogP contribution in [0.5, 0.6) is 0 Å². The predicted molar refractivity (Wildman–Crippen MR) is 74.2 cm³/mol. The topological polar surface area (TPSA) is 84.6 Å². The fourth-order valence-electron chi connectivity index (χ4n) is 1.53. The molecule has 0 saturated carbocycles. The number of nitrogens with two attached hydrogens (primary N) is 1. The average molecular weight is 287 g/mol. The summed E-state index contributed by atoms with van der Waals surface area (Å²) in [7, 11) is 0. The first-order valence-corrected chi connectivity index (χ1v) is 6.50. The van der Waals surface area contributed by atoms with Gasteiger partial charge in [0.05, 0.1) is 13.2 Å². The second-order valence-corrected chi connectivity index (χ2v) is 4.44. The molecule has 0 aromatic heterocycles. The molecule has 1 amide bonds. The van der Waals surface area contributed by atoms with Crippen molar-refractivity contribution in [2.75, 3.05) is 26.4 Å². The highest BCUT2D eigenvalue weighted by molar-refractivity contribution is 6.31. The van der Waals surface area contributed by atoms with Crippen LogP contribution in [0.1, 0.15) is 22.3 Å². The number of ether oxygens (including phenoxy) is 1. The van der Waals surface area contributed by atoms with E-state index in [2.05, 4.69) is 5.32 Å². The third-order valence-corrected chi connectivity index (χ3v) is 2.88. The standard InChI is InChI=1S/C13H19ClN2O3/c14-12-8-10(13(15)18)2-3-11(12)9-16-4-1-6-19-7-5-17/h2-3,8,16-17H,1,4-7,9H2,(H2,15,18). The molecule has 1 rings (SSSR count). The number of primary amides is 1. The quantitative estimate of drug-likeness (QED) is 0.590. The highest BCUT2D eigenvalue weighted by Gasteiger charge is 2.05. The van der Waals surface area contributed by atoms with Crippen LogP contribution in [0, 0.1) is 0 Å². The molecule has 0 bridgehead atoms. The summed E-state index contributed by atoms with van der Waals surface area (Å²) in [5.74, 6) is -0.484. The SMILES string of the molecule is NC(=O)c1ccc(CNCCCOCCO)c(Cl)c1. The molecule has 5 nitrogen and oxygen atoms in total. The number of rotatable bonds is 9. The molecule has 0 aliphatic heterocycles. The van der Waals surface area contributed by atoms with Crippen LogP contribution in [0.25, 0.3) is 0 Å². The lowest BCUT2D eigenvalue weighted by atomic mass is 10.1.